The molecule has 0 bridgehead atoms. The zero-order chi connectivity index (χ0) is 13.0. The average Bonchev–Trinajstić information content (AvgIpc) is 2.84. The minimum Gasteiger partial charge on any atom is -0.490 e. The third-order valence-electron chi connectivity index (χ3n) is 2.43. The van der Waals surface area contributed by atoms with E-state index < -0.39 is 5.82 Å². The smallest absolute Gasteiger partial charge is 0.165 e. The third kappa shape index (κ3) is 3.07. The molecule has 5 heteroatoms. The van der Waals surface area contributed by atoms with E-state index in [1.165, 1.54) is 17.0 Å². The molecule has 0 fully saturated rings. The standard InChI is InChI=1S/C13H13FN2OS/c14-11-8-9(13(15)16)3-4-12(11)17-6-5-10-2-1-7-18-10/h1-4,7-8H,5-6H2,(H3,15,16). The van der Waals surface area contributed by atoms with Gasteiger partial charge in [0.2, 0.25) is 0 Å². The molecule has 0 radical (unpaired) electrons. The van der Waals surface area contributed by atoms with Crippen LogP contribution in [0.5, 0.6) is 5.75 Å². The summed E-state index contributed by atoms with van der Waals surface area (Å²) < 4.78 is 19.0. The minimum absolute atomic E-state index is 0.154. The number of thiophene rings is 1. The lowest BCUT2D eigenvalue weighted by molar-refractivity contribution is 0.306. The first kappa shape index (κ1) is 12.6. The van der Waals surface area contributed by atoms with Crippen molar-refractivity contribution in [3.8, 4) is 5.75 Å². The molecule has 1 aromatic heterocycles. The molecule has 0 saturated carbocycles. The van der Waals surface area contributed by atoms with E-state index in [-0.39, 0.29) is 11.6 Å². The quantitative estimate of drug-likeness (QED) is 0.644. The number of nitrogen functional groups attached to an aromatic ring is 1. The summed E-state index contributed by atoms with van der Waals surface area (Å²) in [6.45, 7) is 0.427. The minimum atomic E-state index is -0.492. The second-order valence-electron chi connectivity index (χ2n) is 3.74. The first-order valence-corrected chi connectivity index (χ1v) is 6.34. The van der Waals surface area contributed by atoms with E-state index in [9.17, 15) is 4.39 Å². The topological polar surface area (TPSA) is 59.1 Å². The number of nitrogens with two attached hydrogens (primary N) is 1. The first-order valence-electron chi connectivity index (χ1n) is 5.46. The van der Waals surface area contributed by atoms with Crippen LogP contribution in [-0.2, 0) is 6.42 Å². The number of amidine groups is 1. The van der Waals surface area contributed by atoms with Crippen LogP contribution >= 0.6 is 11.3 Å². The SMILES string of the molecule is N=C(N)c1ccc(OCCc2cccs2)c(F)c1. The Morgan fingerprint density at radius 1 is 1.39 bits per heavy atom. The third-order valence-corrected chi connectivity index (χ3v) is 3.37. The molecule has 1 heterocycles. The molecule has 0 aliphatic rings. The molecule has 0 amide bonds. The monoisotopic (exact) mass is 264 g/mol. The first-order chi connectivity index (χ1) is 8.66. The highest BCUT2D eigenvalue weighted by Crippen LogP contribution is 2.19. The summed E-state index contributed by atoms with van der Waals surface area (Å²) in [6, 6.07) is 8.28. The lowest BCUT2D eigenvalue weighted by Gasteiger charge is -2.07. The van der Waals surface area contributed by atoms with Crippen LogP contribution in [0.1, 0.15) is 10.4 Å². The van der Waals surface area contributed by atoms with E-state index >= 15 is 0 Å². The summed E-state index contributed by atoms with van der Waals surface area (Å²) >= 11 is 1.65. The number of hydrogen-bond acceptors (Lipinski definition) is 3. The van der Waals surface area contributed by atoms with Crippen LogP contribution < -0.4 is 10.5 Å². The Bertz CT molecular complexity index is 540. The summed E-state index contributed by atoms with van der Waals surface area (Å²) in [5.41, 5.74) is 5.63. The number of nitrogens with one attached hydrogen (secondary N) is 1. The summed E-state index contributed by atoms with van der Waals surface area (Å²) in [5.74, 6) is -0.454. The molecule has 94 valence electrons. The summed E-state index contributed by atoms with van der Waals surface area (Å²) in [4.78, 5) is 1.20. The molecule has 0 aliphatic carbocycles. The van der Waals surface area contributed by atoms with Crippen molar-refractivity contribution in [2.24, 2.45) is 5.73 Å². The Balaban J connectivity index is 1.95. The predicted octanol–water partition coefficient (Wildman–Crippen LogP) is 2.79. The predicted molar refractivity (Wildman–Crippen MR) is 70.9 cm³/mol. The molecular weight excluding hydrogens is 251 g/mol. The van der Waals surface area contributed by atoms with Crippen molar-refractivity contribution in [1.82, 2.24) is 0 Å². The van der Waals surface area contributed by atoms with Crippen molar-refractivity contribution in [3.63, 3.8) is 0 Å². The van der Waals surface area contributed by atoms with Crippen molar-refractivity contribution >= 4 is 17.2 Å². The molecule has 2 aromatic rings. The zero-order valence-corrected chi connectivity index (χ0v) is 10.5. The van der Waals surface area contributed by atoms with Crippen molar-refractivity contribution < 1.29 is 9.13 Å². The molecule has 3 nitrogen and oxygen atoms in total. The molecule has 1 aromatic carbocycles. The summed E-state index contributed by atoms with van der Waals surface area (Å²) in [6.07, 6.45) is 0.756. The second-order valence-corrected chi connectivity index (χ2v) is 4.77. The van der Waals surface area contributed by atoms with Gasteiger partial charge >= 0.3 is 0 Å². The van der Waals surface area contributed by atoms with Crippen LogP contribution in [0.25, 0.3) is 0 Å². The normalized spacial score (nSPS) is 10.3. The molecule has 0 aliphatic heterocycles. The van der Waals surface area contributed by atoms with Gasteiger partial charge in [-0.05, 0) is 29.6 Å². The zero-order valence-electron chi connectivity index (χ0n) is 9.65. The Morgan fingerprint density at radius 2 is 2.22 bits per heavy atom. The van der Waals surface area contributed by atoms with Gasteiger partial charge in [-0.2, -0.15) is 0 Å². The largest absolute Gasteiger partial charge is 0.490 e. The van der Waals surface area contributed by atoms with Gasteiger partial charge in [-0.3, -0.25) is 5.41 Å². The van der Waals surface area contributed by atoms with Crippen LogP contribution in [-0.4, -0.2) is 12.4 Å². The van der Waals surface area contributed by atoms with Crippen LogP contribution in [0.3, 0.4) is 0 Å². The highest BCUT2D eigenvalue weighted by atomic mass is 32.1. The Labute approximate surface area is 109 Å². The summed E-state index contributed by atoms with van der Waals surface area (Å²) in [5, 5.41) is 9.20. The molecule has 18 heavy (non-hydrogen) atoms. The van der Waals surface area contributed by atoms with Gasteiger partial charge < -0.3 is 10.5 Å². The molecule has 3 N–H and O–H groups in total. The van der Waals surface area contributed by atoms with Gasteiger partial charge in [-0.1, -0.05) is 6.07 Å². The Morgan fingerprint density at radius 3 is 2.83 bits per heavy atom. The van der Waals surface area contributed by atoms with Crippen molar-refractivity contribution in [2.45, 2.75) is 6.42 Å². The highest BCUT2D eigenvalue weighted by Gasteiger charge is 2.06. The number of ether oxygens (including phenoxy) is 1. The summed E-state index contributed by atoms with van der Waals surface area (Å²) in [7, 11) is 0. The number of benzene rings is 1. The van der Waals surface area contributed by atoms with E-state index in [4.69, 9.17) is 15.9 Å². The van der Waals surface area contributed by atoms with Crippen molar-refractivity contribution in [2.75, 3.05) is 6.61 Å². The van der Waals surface area contributed by atoms with Gasteiger partial charge in [0.05, 0.1) is 6.61 Å². The van der Waals surface area contributed by atoms with Crippen LogP contribution in [0.4, 0.5) is 4.39 Å². The Kier molecular flexibility index (Phi) is 3.94. The number of rotatable bonds is 5. The van der Waals surface area contributed by atoms with Crippen LogP contribution in [0.15, 0.2) is 35.7 Å². The van der Waals surface area contributed by atoms with Crippen LogP contribution in [0.2, 0.25) is 0 Å². The molecular formula is C13H13FN2OS. The molecule has 0 saturated heterocycles. The number of hydrogen-bond donors (Lipinski definition) is 2. The van der Waals surface area contributed by atoms with Crippen molar-refractivity contribution in [1.29, 1.82) is 5.41 Å². The van der Waals surface area contributed by atoms with Crippen LogP contribution in [0, 0.1) is 11.2 Å². The fourth-order valence-electron chi connectivity index (χ4n) is 1.50. The number of halogens is 1. The van der Waals surface area contributed by atoms with E-state index in [2.05, 4.69) is 0 Å². The molecule has 0 unspecified atom stereocenters. The molecule has 2 rings (SSSR count). The van der Waals surface area contributed by atoms with Gasteiger partial charge in [-0.15, -0.1) is 11.3 Å². The van der Waals surface area contributed by atoms with E-state index in [1.807, 2.05) is 17.5 Å². The lowest BCUT2D eigenvalue weighted by atomic mass is 10.2. The average molecular weight is 264 g/mol. The van der Waals surface area contributed by atoms with Gasteiger partial charge in [-0.25, -0.2) is 4.39 Å². The van der Waals surface area contributed by atoms with Gasteiger partial charge in [0.15, 0.2) is 11.6 Å². The van der Waals surface area contributed by atoms with E-state index in [0.717, 1.165) is 6.42 Å². The lowest BCUT2D eigenvalue weighted by Crippen LogP contribution is -2.11. The maximum atomic E-state index is 13.6. The molecule has 0 spiro atoms. The fraction of sp³-hybridized carbons (Fsp3) is 0.154. The van der Waals surface area contributed by atoms with Gasteiger partial charge in [0.25, 0.3) is 0 Å². The van der Waals surface area contributed by atoms with Gasteiger partial charge in [0, 0.05) is 16.9 Å². The maximum absolute atomic E-state index is 13.6. The second kappa shape index (κ2) is 5.64. The van der Waals surface area contributed by atoms with Crippen molar-refractivity contribution in [3.05, 3.63) is 52.0 Å². The van der Waals surface area contributed by atoms with E-state index in [1.54, 1.807) is 17.4 Å². The van der Waals surface area contributed by atoms with Gasteiger partial charge in [0.1, 0.15) is 5.84 Å². The highest BCUT2D eigenvalue weighted by molar-refractivity contribution is 7.09. The molecule has 0 atom stereocenters. The Hall–Kier alpha value is -1.88. The fourth-order valence-corrected chi connectivity index (χ4v) is 2.19. The van der Waals surface area contributed by atoms with E-state index in [0.29, 0.717) is 12.2 Å². The maximum Gasteiger partial charge on any atom is 0.165 e.